The number of carboxylic acid groups (broad SMARTS) is 1. The average Bonchev–Trinajstić information content (AvgIpc) is 2.95. The number of hydrogen-bond acceptors (Lipinski definition) is 5. The summed E-state index contributed by atoms with van der Waals surface area (Å²) in [5.41, 5.74) is 3.60. The van der Waals surface area contributed by atoms with E-state index in [1.807, 2.05) is 51.1 Å². The molecular weight excluding hydrogens is 508 g/mol. The number of para-hydroxylation sites is 1. The van der Waals surface area contributed by atoms with Crippen molar-refractivity contribution in [2.75, 3.05) is 24.4 Å². The molecule has 0 aliphatic heterocycles. The largest absolute Gasteiger partial charge is 0.496 e. The van der Waals surface area contributed by atoms with Gasteiger partial charge in [-0.2, -0.15) is 0 Å². The lowest BCUT2D eigenvalue weighted by Crippen LogP contribution is -2.23. The van der Waals surface area contributed by atoms with E-state index in [1.165, 1.54) is 13.2 Å². The molecule has 0 fully saturated rings. The number of carbonyl (C=O) groups excluding carboxylic acids is 1. The minimum absolute atomic E-state index is 0.0205. The molecule has 0 aliphatic rings. The van der Waals surface area contributed by atoms with E-state index in [0.717, 1.165) is 11.1 Å². The number of urea groups is 1. The molecule has 0 aliphatic carbocycles. The molecule has 0 radical (unpaired) electrons. The first kappa shape index (κ1) is 28.2. The molecule has 4 rings (SSSR count). The van der Waals surface area contributed by atoms with Crippen LogP contribution in [0.4, 0.5) is 16.2 Å². The summed E-state index contributed by atoms with van der Waals surface area (Å²) in [6.45, 7) is 5.70. The fraction of sp³-hybridized carbons (Fsp3) is 0.188. The highest BCUT2D eigenvalue weighted by molar-refractivity contribution is 6.01. The van der Waals surface area contributed by atoms with E-state index in [2.05, 4.69) is 10.6 Å². The number of benzene rings is 4. The Morgan fingerprint density at radius 3 is 2.12 bits per heavy atom. The van der Waals surface area contributed by atoms with Crippen molar-refractivity contribution in [3.05, 3.63) is 102 Å². The molecule has 0 unspecified atom stereocenters. The SMILES string of the molecule is COc1ccc(-c2ccc(Oc3ccccc3C(C)(C)CO)c(NC(=O)Nc3ccc(C)cc3)c2)cc1C(=O)O. The van der Waals surface area contributed by atoms with Gasteiger partial charge in [-0.25, -0.2) is 9.59 Å². The van der Waals surface area contributed by atoms with Crippen LogP contribution in [0.3, 0.4) is 0 Å². The molecule has 0 bridgehead atoms. The van der Waals surface area contributed by atoms with Gasteiger partial charge in [0, 0.05) is 16.7 Å². The molecule has 8 heteroatoms. The van der Waals surface area contributed by atoms with E-state index in [4.69, 9.17) is 9.47 Å². The molecule has 0 aromatic heterocycles. The second-order valence-corrected chi connectivity index (χ2v) is 10.0. The van der Waals surface area contributed by atoms with Crippen LogP contribution in [-0.2, 0) is 5.41 Å². The molecule has 4 aromatic carbocycles. The Labute approximate surface area is 233 Å². The van der Waals surface area contributed by atoms with Crippen LogP contribution in [0.1, 0.15) is 35.3 Å². The highest BCUT2D eigenvalue weighted by Crippen LogP contribution is 2.39. The maximum absolute atomic E-state index is 13.0. The molecule has 206 valence electrons. The van der Waals surface area contributed by atoms with Gasteiger partial charge in [-0.05, 0) is 60.5 Å². The molecule has 0 saturated carbocycles. The van der Waals surface area contributed by atoms with Crippen molar-refractivity contribution in [1.29, 1.82) is 0 Å². The number of nitrogens with one attached hydrogen (secondary N) is 2. The van der Waals surface area contributed by atoms with Crippen molar-refractivity contribution in [3.8, 4) is 28.4 Å². The predicted octanol–water partition coefficient (Wildman–Crippen LogP) is 7.08. The van der Waals surface area contributed by atoms with Gasteiger partial charge in [0.2, 0.25) is 0 Å². The standard InChI is InChI=1S/C32H32N2O6/c1-20-9-13-23(14-10-20)33-31(38)34-26-18-22(21-11-15-27(39-4)24(17-21)30(36)37)12-16-29(26)40-28-8-6-5-7-25(28)32(2,3)19-35/h5-18,35H,19H2,1-4H3,(H,36,37)(H2,33,34,38). The molecule has 4 aromatic rings. The summed E-state index contributed by atoms with van der Waals surface area (Å²) in [6.07, 6.45) is 0. The Kier molecular flexibility index (Phi) is 8.40. The van der Waals surface area contributed by atoms with E-state index >= 15 is 0 Å². The number of ether oxygens (including phenoxy) is 2. The topological polar surface area (TPSA) is 117 Å². The smallest absolute Gasteiger partial charge is 0.339 e. The molecule has 0 saturated heterocycles. The number of amides is 2. The van der Waals surface area contributed by atoms with Gasteiger partial charge in [0.15, 0.2) is 5.75 Å². The van der Waals surface area contributed by atoms with Gasteiger partial charge in [0.25, 0.3) is 0 Å². The Bertz CT molecular complexity index is 1530. The minimum Gasteiger partial charge on any atom is -0.496 e. The number of rotatable bonds is 9. The lowest BCUT2D eigenvalue weighted by Gasteiger charge is -2.25. The van der Waals surface area contributed by atoms with Gasteiger partial charge in [-0.3, -0.25) is 0 Å². The van der Waals surface area contributed by atoms with Crippen LogP contribution in [0, 0.1) is 6.92 Å². The van der Waals surface area contributed by atoms with E-state index in [0.29, 0.717) is 34.0 Å². The van der Waals surface area contributed by atoms with E-state index in [1.54, 1.807) is 48.5 Å². The average molecular weight is 541 g/mol. The molecule has 40 heavy (non-hydrogen) atoms. The highest BCUT2D eigenvalue weighted by atomic mass is 16.5. The summed E-state index contributed by atoms with van der Waals surface area (Å²) in [7, 11) is 1.41. The number of carboxylic acids is 1. The number of hydrogen-bond donors (Lipinski definition) is 4. The summed E-state index contributed by atoms with van der Waals surface area (Å²) in [5.74, 6) is 0.0394. The summed E-state index contributed by atoms with van der Waals surface area (Å²) < 4.78 is 11.5. The monoisotopic (exact) mass is 540 g/mol. The molecule has 4 N–H and O–H groups in total. The molecule has 8 nitrogen and oxygen atoms in total. The molecule has 0 atom stereocenters. The van der Waals surface area contributed by atoms with Crippen LogP contribution in [0.5, 0.6) is 17.2 Å². The third-order valence-electron chi connectivity index (χ3n) is 6.53. The van der Waals surface area contributed by atoms with Crippen molar-refractivity contribution in [1.82, 2.24) is 0 Å². The zero-order valence-corrected chi connectivity index (χ0v) is 22.8. The van der Waals surface area contributed by atoms with Gasteiger partial charge < -0.3 is 30.3 Å². The number of aliphatic hydroxyl groups is 1. The first-order chi connectivity index (χ1) is 19.1. The Balaban J connectivity index is 1.74. The zero-order chi connectivity index (χ0) is 28.9. The summed E-state index contributed by atoms with van der Waals surface area (Å²) in [6, 6.07) is 24.4. The van der Waals surface area contributed by atoms with Crippen LogP contribution in [0.2, 0.25) is 0 Å². The van der Waals surface area contributed by atoms with Crippen molar-refractivity contribution in [2.24, 2.45) is 0 Å². The van der Waals surface area contributed by atoms with Gasteiger partial charge in [0.1, 0.15) is 17.1 Å². The van der Waals surface area contributed by atoms with Gasteiger partial charge in [-0.1, -0.05) is 61.9 Å². The second kappa shape index (κ2) is 11.9. The lowest BCUT2D eigenvalue weighted by molar-refractivity contribution is 0.0693. The molecular formula is C32H32N2O6. The molecule has 0 heterocycles. The van der Waals surface area contributed by atoms with Crippen LogP contribution in [0.15, 0.2) is 84.9 Å². The third-order valence-corrected chi connectivity index (χ3v) is 6.53. The third kappa shape index (κ3) is 6.42. The molecule has 2 amide bonds. The van der Waals surface area contributed by atoms with Crippen LogP contribution in [0.25, 0.3) is 11.1 Å². The Morgan fingerprint density at radius 2 is 1.48 bits per heavy atom. The number of carbonyl (C=O) groups is 2. The van der Waals surface area contributed by atoms with Crippen molar-refractivity contribution >= 4 is 23.4 Å². The number of aryl methyl sites for hydroxylation is 1. The highest BCUT2D eigenvalue weighted by Gasteiger charge is 2.24. The number of aromatic carboxylic acids is 1. The fourth-order valence-electron chi connectivity index (χ4n) is 4.19. The summed E-state index contributed by atoms with van der Waals surface area (Å²) in [5, 5.41) is 25.3. The Hall–Kier alpha value is -4.82. The normalized spacial score (nSPS) is 11.0. The number of aliphatic hydroxyl groups excluding tert-OH is 1. The van der Waals surface area contributed by atoms with Crippen molar-refractivity contribution in [3.63, 3.8) is 0 Å². The number of anilines is 2. The predicted molar refractivity (Wildman–Crippen MR) is 156 cm³/mol. The summed E-state index contributed by atoms with van der Waals surface area (Å²) in [4.78, 5) is 24.8. The first-order valence-corrected chi connectivity index (χ1v) is 12.7. The van der Waals surface area contributed by atoms with Crippen LogP contribution < -0.4 is 20.1 Å². The molecule has 0 spiro atoms. The minimum atomic E-state index is -1.11. The maximum atomic E-state index is 13.0. The summed E-state index contributed by atoms with van der Waals surface area (Å²) >= 11 is 0. The van der Waals surface area contributed by atoms with E-state index in [9.17, 15) is 19.8 Å². The van der Waals surface area contributed by atoms with Crippen LogP contribution in [-0.4, -0.2) is 35.9 Å². The zero-order valence-electron chi connectivity index (χ0n) is 22.8. The Morgan fingerprint density at radius 1 is 0.825 bits per heavy atom. The van der Waals surface area contributed by atoms with Gasteiger partial charge in [0.05, 0.1) is 19.4 Å². The van der Waals surface area contributed by atoms with Crippen molar-refractivity contribution < 1.29 is 29.3 Å². The first-order valence-electron chi connectivity index (χ1n) is 12.7. The fourth-order valence-corrected chi connectivity index (χ4v) is 4.19. The quantitative estimate of drug-likeness (QED) is 0.180. The van der Waals surface area contributed by atoms with Crippen LogP contribution >= 0.6 is 0 Å². The van der Waals surface area contributed by atoms with E-state index < -0.39 is 17.4 Å². The van der Waals surface area contributed by atoms with Gasteiger partial charge in [-0.15, -0.1) is 0 Å². The van der Waals surface area contributed by atoms with Gasteiger partial charge >= 0.3 is 12.0 Å². The van der Waals surface area contributed by atoms with Crippen molar-refractivity contribution in [2.45, 2.75) is 26.2 Å². The second-order valence-electron chi connectivity index (χ2n) is 10.0. The lowest BCUT2D eigenvalue weighted by atomic mass is 9.85. The number of methoxy groups -OCH3 is 1. The van der Waals surface area contributed by atoms with E-state index in [-0.39, 0.29) is 17.9 Å². The maximum Gasteiger partial charge on any atom is 0.339 e.